The molecule has 0 aromatic heterocycles. The number of likely N-dealkylation sites (N-methyl/N-ethyl adjacent to an activating group) is 1. The molecule has 80 valence electrons. The molecule has 0 saturated heterocycles. The number of hydrogen-bond acceptors (Lipinski definition) is 2. The summed E-state index contributed by atoms with van der Waals surface area (Å²) in [5.74, 6) is -3.94. The van der Waals surface area contributed by atoms with Crippen LogP contribution in [0.4, 0.5) is 17.6 Å². The Hall–Kier alpha value is -0.360. The van der Waals surface area contributed by atoms with Crippen molar-refractivity contribution in [3.63, 3.8) is 0 Å². The number of nitrogens with one attached hydrogen (secondary N) is 2. The average molecular weight is 202 g/mol. The predicted octanol–water partition coefficient (Wildman–Crippen LogP) is 1.08. The zero-order valence-electron chi connectivity index (χ0n) is 7.58. The van der Waals surface area contributed by atoms with E-state index in [0.29, 0.717) is 0 Å². The van der Waals surface area contributed by atoms with Crippen LogP contribution in [0.15, 0.2) is 0 Å². The summed E-state index contributed by atoms with van der Waals surface area (Å²) < 4.78 is 47.8. The Labute approximate surface area is 74.7 Å². The molecule has 0 aromatic carbocycles. The van der Waals surface area contributed by atoms with E-state index in [4.69, 9.17) is 0 Å². The highest BCUT2D eigenvalue weighted by molar-refractivity contribution is 4.73. The fraction of sp³-hybridized carbons (Fsp3) is 1.00. The number of alkyl halides is 4. The van der Waals surface area contributed by atoms with Crippen molar-refractivity contribution in [3.05, 3.63) is 0 Å². The van der Waals surface area contributed by atoms with Gasteiger partial charge in [-0.05, 0) is 14.0 Å². The Morgan fingerprint density at radius 2 is 1.85 bits per heavy atom. The van der Waals surface area contributed by atoms with Crippen molar-refractivity contribution < 1.29 is 17.6 Å². The number of hydrogen-bond donors (Lipinski definition) is 2. The fourth-order valence-corrected chi connectivity index (χ4v) is 0.635. The van der Waals surface area contributed by atoms with Crippen LogP contribution in [0.5, 0.6) is 0 Å². The maximum Gasteiger partial charge on any atom is 0.319 e. The minimum atomic E-state index is -3.94. The summed E-state index contributed by atoms with van der Waals surface area (Å²) in [6.45, 7) is 1.00. The molecule has 0 aliphatic heterocycles. The first-order valence-electron chi connectivity index (χ1n) is 3.94. The molecule has 1 atom stereocenters. The lowest BCUT2D eigenvalue weighted by atomic mass is 10.3. The Kier molecular flexibility index (Phi) is 5.24. The molecule has 0 rings (SSSR count). The van der Waals surface area contributed by atoms with E-state index in [1.54, 1.807) is 14.0 Å². The highest BCUT2D eigenvalue weighted by Gasteiger charge is 2.39. The molecular weight excluding hydrogens is 188 g/mol. The SMILES string of the molecule is CNC(C)CNCC(F)(F)C(F)F. The van der Waals surface area contributed by atoms with E-state index in [9.17, 15) is 17.6 Å². The lowest BCUT2D eigenvalue weighted by Crippen LogP contribution is -2.43. The molecule has 2 nitrogen and oxygen atoms in total. The second-order valence-electron chi connectivity index (χ2n) is 2.88. The molecule has 1 unspecified atom stereocenters. The molecular formula is C7H14F4N2. The molecule has 0 saturated carbocycles. The molecule has 0 aliphatic rings. The fourth-order valence-electron chi connectivity index (χ4n) is 0.635. The van der Waals surface area contributed by atoms with Crippen LogP contribution in [0.1, 0.15) is 6.92 Å². The van der Waals surface area contributed by atoms with Crippen molar-refractivity contribution in [1.82, 2.24) is 10.6 Å². The van der Waals surface area contributed by atoms with Crippen LogP contribution < -0.4 is 10.6 Å². The second-order valence-corrected chi connectivity index (χ2v) is 2.88. The van der Waals surface area contributed by atoms with E-state index in [1.807, 2.05) is 0 Å². The van der Waals surface area contributed by atoms with Crippen molar-refractivity contribution in [2.24, 2.45) is 0 Å². The first kappa shape index (κ1) is 12.6. The van der Waals surface area contributed by atoms with Gasteiger partial charge in [0.2, 0.25) is 0 Å². The van der Waals surface area contributed by atoms with E-state index < -0.39 is 18.9 Å². The first-order valence-corrected chi connectivity index (χ1v) is 3.94. The van der Waals surface area contributed by atoms with Gasteiger partial charge < -0.3 is 10.6 Å². The minimum absolute atomic E-state index is 0.0199. The summed E-state index contributed by atoms with van der Waals surface area (Å²) >= 11 is 0. The Morgan fingerprint density at radius 3 is 2.23 bits per heavy atom. The lowest BCUT2D eigenvalue weighted by Gasteiger charge is -2.17. The van der Waals surface area contributed by atoms with Gasteiger partial charge in [0.1, 0.15) is 0 Å². The zero-order chi connectivity index (χ0) is 10.5. The van der Waals surface area contributed by atoms with Crippen molar-refractivity contribution in [2.45, 2.75) is 25.3 Å². The van der Waals surface area contributed by atoms with Crippen molar-refractivity contribution >= 4 is 0 Å². The van der Waals surface area contributed by atoms with Gasteiger partial charge in [0.15, 0.2) is 0 Å². The molecule has 0 amide bonds. The number of halogens is 4. The summed E-state index contributed by atoms with van der Waals surface area (Å²) in [6.07, 6.45) is -3.61. The molecule has 2 N–H and O–H groups in total. The second kappa shape index (κ2) is 5.39. The molecule has 13 heavy (non-hydrogen) atoms. The Bertz CT molecular complexity index is 140. The van der Waals surface area contributed by atoms with E-state index >= 15 is 0 Å². The maximum absolute atomic E-state index is 12.3. The smallest absolute Gasteiger partial charge is 0.316 e. The van der Waals surface area contributed by atoms with Crippen molar-refractivity contribution in [2.75, 3.05) is 20.1 Å². The van der Waals surface area contributed by atoms with Crippen molar-refractivity contribution in [1.29, 1.82) is 0 Å². The average Bonchev–Trinajstić information content (AvgIpc) is 2.03. The Morgan fingerprint density at radius 1 is 1.31 bits per heavy atom. The molecule has 0 aliphatic carbocycles. The van der Waals surface area contributed by atoms with Crippen LogP contribution in [-0.2, 0) is 0 Å². The Balaban J connectivity index is 3.63. The van der Waals surface area contributed by atoms with Crippen LogP contribution in [0.2, 0.25) is 0 Å². The summed E-state index contributed by atoms with van der Waals surface area (Å²) in [7, 11) is 1.66. The van der Waals surface area contributed by atoms with Gasteiger partial charge in [0.25, 0.3) is 0 Å². The van der Waals surface area contributed by atoms with Gasteiger partial charge >= 0.3 is 12.3 Å². The normalized spacial score (nSPS) is 15.0. The van der Waals surface area contributed by atoms with Crippen molar-refractivity contribution in [3.8, 4) is 0 Å². The van der Waals surface area contributed by atoms with Crippen LogP contribution in [0.25, 0.3) is 0 Å². The van der Waals surface area contributed by atoms with Gasteiger partial charge in [-0.3, -0.25) is 0 Å². The van der Waals surface area contributed by atoms with Gasteiger partial charge in [-0.1, -0.05) is 0 Å². The highest BCUT2D eigenvalue weighted by atomic mass is 19.3. The van der Waals surface area contributed by atoms with Gasteiger partial charge in [-0.15, -0.1) is 0 Å². The van der Waals surface area contributed by atoms with Gasteiger partial charge in [0.05, 0.1) is 6.54 Å². The summed E-state index contributed by atoms with van der Waals surface area (Å²) in [4.78, 5) is 0. The van der Waals surface area contributed by atoms with E-state index in [-0.39, 0.29) is 12.6 Å². The molecule has 0 radical (unpaired) electrons. The van der Waals surface area contributed by atoms with Crippen LogP contribution in [-0.4, -0.2) is 38.5 Å². The van der Waals surface area contributed by atoms with Crippen LogP contribution in [0.3, 0.4) is 0 Å². The maximum atomic E-state index is 12.3. The van der Waals surface area contributed by atoms with E-state index in [1.165, 1.54) is 0 Å². The molecule has 6 heteroatoms. The molecule has 0 heterocycles. The summed E-state index contributed by atoms with van der Waals surface area (Å²) in [6, 6.07) is -0.0199. The molecule has 0 spiro atoms. The highest BCUT2D eigenvalue weighted by Crippen LogP contribution is 2.21. The summed E-state index contributed by atoms with van der Waals surface area (Å²) in [5.41, 5.74) is 0. The summed E-state index contributed by atoms with van der Waals surface area (Å²) in [5, 5.41) is 5.05. The van der Waals surface area contributed by atoms with E-state index in [2.05, 4.69) is 10.6 Å². The molecule has 0 bridgehead atoms. The zero-order valence-corrected chi connectivity index (χ0v) is 7.58. The number of rotatable bonds is 6. The topological polar surface area (TPSA) is 24.1 Å². The van der Waals surface area contributed by atoms with Gasteiger partial charge in [0, 0.05) is 12.6 Å². The van der Waals surface area contributed by atoms with Crippen LogP contribution in [0, 0.1) is 0 Å². The quantitative estimate of drug-likeness (QED) is 0.630. The largest absolute Gasteiger partial charge is 0.319 e. The van der Waals surface area contributed by atoms with E-state index in [0.717, 1.165) is 0 Å². The minimum Gasteiger partial charge on any atom is -0.316 e. The van der Waals surface area contributed by atoms with Gasteiger partial charge in [-0.2, -0.15) is 8.78 Å². The third-order valence-corrected chi connectivity index (χ3v) is 1.62. The first-order chi connectivity index (χ1) is 5.90. The standard InChI is InChI=1S/C7H14F4N2/c1-5(12-2)3-13-4-7(10,11)6(8)9/h5-6,12-13H,3-4H2,1-2H3. The molecule has 0 fully saturated rings. The third kappa shape index (κ3) is 5.05. The lowest BCUT2D eigenvalue weighted by molar-refractivity contribution is -0.125. The molecule has 0 aromatic rings. The third-order valence-electron chi connectivity index (χ3n) is 1.62. The predicted molar refractivity (Wildman–Crippen MR) is 42.3 cm³/mol. The monoisotopic (exact) mass is 202 g/mol. The van der Waals surface area contributed by atoms with Crippen LogP contribution >= 0.6 is 0 Å². The van der Waals surface area contributed by atoms with Gasteiger partial charge in [-0.25, -0.2) is 8.78 Å².